The van der Waals surface area contributed by atoms with Gasteiger partial charge in [0.05, 0.1) is 5.69 Å². The second-order valence-electron chi connectivity index (χ2n) is 4.69. The fourth-order valence-electron chi connectivity index (χ4n) is 2.23. The van der Waals surface area contributed by atoms with Crippen molar-refractivity contribution in [1.29, 1.82) is 0 Å². The molecule has 6 nitrogen and oxygen atoms in total. The van der Waals surface area contributed by atoms with Crippen LogP contribution in [0.2, 0.25) is 0 Å². The first-order valence-corrected chi connectivity index (χ1v) is 6.21. The Bertz CT molecular complexity index is 592. The Morgan fingerprint density at radius 2 is 2.37 bits per heavy atom. The maximum Gasteiger partial charge on any atom is 0.275 e. The van der Waals surface area contributed by atoms with Gasteiger partial charge in [-0.15, -0.1) is 0 Å². The van der Waals surface area contributed by atoms with Gasteiger partial charge in [-0.25, -0.2) is 0 Å². The molecule has 0 bridgehead atoms. The van der Waals surface area contributed by atoms with E-state index >= 15 is 0 Å². The number of hydrogen-bond acceptors (Lipinski definition) is 4. The number of likely N-dealkylation sites (N-methyl/N-ethyl adjacent to an activating group) is 1. The Kier molecular flexibility index (Phi) is 3.00. The summed E-state index contributed by atoms with van der Waals surface area (Å²) in [6.45, 7) is 1.81. The minimum atomic E-state index is -0.228. The molecule has 1 aliphatic rings. The standard InChI is InChI=1S/C13H15N5O/c1-18-7-5-9-11(8-18)16-17-12(9)15-13(19)10-4-2-3-6-14-10/h2-4,6H,5,7-8H2,1H3,(H2,15,16,17,19). The average molecular weight is 257 g/mol. The number of rotatable bonds is 2. The van der Waals surface area contributed by atoms with E-state index in [2.05, 4.69) is 32.4 Å². The van der Waals surface area contributed by atoms with E-state index in [0.29, 0.717) is 11.5 Å². The first-order valence-electron chi connectivity index (χ1n) is 6.21. The van der Waals surface area contributed by atoms with Gasteiger partial charge in [0.25, 0.3) is 5.91 Å². The lowest BCUT2D eigenvalue weighted by atomic mass is 10.1. The Labute approximate surface area is 110 Å². The number of carbonyl (C=O) groups is 1. The lowest BCUT2D eigenvalue weighted by Gasteiger charge is -2.21. The van der Waals surface area contributed by atoms with Gasteiger partial charge >= 0.3 is 0 Å². The van der Waals surface area contributed by atoms with E-state index in [1.54, 1.807) is 24.4 Å². The van der Waals surface area contributed by atoms with Crippen LogP contribution in [0.5, 0.6) is 0 Å². The molecule has 6 heteroatoms. The van der Waals surface area contributed by atoms with E-state index in [9.17, 15) is 4.79 Å². The summed E-state index contributed by atoms with van der Waals surface area (Å²) >= 11 is 0. The van der Waals surface area contributed by atoms with Gasteiger partial charge in [-0.3, -0.25) is 14.9 Å². The second-order valence-corrected chi connectivity index (χ2v) is 4.69. The molecule has 1 amide bonds. The maximum atomic E-state index is 12.0. The molecule has 0 unspecified atom stereocenters. The normalized spacial score (nSPS) is 15.0. The quantitative estimate of drug-likeness (QED) is 0.843. The highest BCUT2D eigenvalue weighted by Crippen LogP contribution is 2.22. The van der Waals surface area contributed by atoms with Crippen LogP contribution in [0, 0.1) is 0 Å². The number of aromatic amines is 1. The molecule has 2 aromatic rings. The fourth-order valence-corrected chi connectivity index (χ4v) is 2.23. The van der Waals surface area contributed by atoms with Gasteiger partial charge in [-0.05, 0) is 25.6 Å². The second kappa shape index (κ2) is 4.81. The topological polar surface area (TPSA) is 73.9 Å². The molecular weight excluding hydrogens is 242 g/mol. The van der Waals surface area contributed by atoms with E-state index in [0.717, 1.165) is 30.8 Å². The van der Waals surface area contributed by atoms with Crippen molar-refractivity contribution >= 4 is 11.7 Å². The van der Waals surface area contributed by atoms with E-state index in [1.165, 1.54) is 0 Å². The molecule has 1 aliphatic heterocycles. The van der Waals surface area contributed by atoms with Crippen LogP contribution in [0.4, 0.5) is 5.82 Å². The molecule has 3 heterocycles. The maximum absolute atomic E-state index is 12.0. The Morgan fingerprint density at radius 1 is 1.47 bits per heavy atom. The Balaban J connectivity index is 1.80. The monoisotopic (exact) mass is 257 g/mol. The number of aromatic nitrogens is 3. The highest BCUT2D eigenvalue weighted by Gasteiger charge is 2.21. The molecule has 0 fully saturated rings. The number of fused-ring (bicyclic) bond motifs is 1. The van der Waals surface area contributed by atoms with Crippen molar-refractivity contribution in [2.45, 2.75) is 13.0 Å². The number of hydrogen-bond donors (Lipinski definition) is 2. The number of carbonyl (C=O) groups excluding carboxylic acids is 1. The molecule has 2 N–H and O–H groups in total. The molecule has 0 saturated heterocycles. The number of nitrogens with one attached hydrogen (secondary N) is 2. The SMILES string of the molecule is CN1CCc2c(NC(=O)c3ccccn3)n[nH]c2C1. The third-order valence-electron chi connectivity index (χ3n) is 3.25. The highest BCUT2D eigenvalue weighted by molar-refractivity contribution is 6.02. The average Bonchev–Trinajstić information content (AvgIpc) is 2.82. The smallest absolute Gasteiger partial charge is 0.275 e. The molecular formula is C13H15N5O. The minimum Gasteiger partial charge on any atom is -0.303 e. The number of anilines is 1. The first kappa shape index (κ1) is 11.9. The number of pyridine rings is 1. The van der Waals surface area contributed by atoms with Gasteiger partial charge < -0.3 is 10.2 Å². The van der Waals surface area contributed by atoms with Gasteiger partial charge in [0, 0.05) is 24.8 Å². The minimum absolute atomic E-state index is 0.228. The van der Waals surface area contributed by atoms with Crippen molar-refractivity contribution in [3.63, 3.8) is 0 Å². The van der Waals surface area contributed by atoms with Crippen molar-refractivity contribution in [3.8, 4) is 0 Å². The van der Waals surface area contributed by atoms with Crippen LogP contribution in [0.3, 0.4) is 0 Å². The first-order chi connectivity index (χ1) is 9.24. The molecule has 0 aromatic carbocycles. The summed E-state index contributed by atoms with van der Waals surface area (Å²) in [6.07, 6.45) is 2.49. The molecule has 98 valence electrons. The van der Waals surface area contributed by atoms with Crippen LogP contribution in [0.25, 0.3) is 0 Å². The van der Waals surface area contributed by atoms with Crippen LogP contribution in [-0.2, 0) is 13.0 Å². The van der Waals surface area contributed by atoms with Crippen molar-refractivity contribution < 1.29 is 4.79 Å². The summed E-state index contributed by atoms with van der Waals surface area (Å²) in [5, 5.41) is 9.99. The number of nitrogens with zero attached hydrogens (tertiary/aromatic N) is 3. The predicted octanol–water partition coefficient (Wildman–Crippen LogP) is 1.04. The Hall–Kier alpha value is -2.21. The van der Waals surface area contributed by atoms with E-state index in [1.807, 2.05) is 0 Å². The van der Waals surface area contributed by atoms with E-state index in [-0.39, 0.29) is 5.91 Å². The fraction of sp³-hybridized carbons (Fsp3) is 0.308. The summed E-state index contributed by atoms with van der Waals surface area (Å²) in [6, 6.07) is 5.25. The lowest BCUT2D eigenvalue weighted by molar-refractivity contribution is 0.102. The summed E-state index contributed by atoms with van der Waals surface area (Å²) < 4.78 is 0. The third-order valence-corrected chi connectivity index (χ3v) is 3.25. The zero-order valence-electron chi connectivity index (χ0n) is 10.7. The molecule has 0 atom stereocenters. The van der Waals surface area contributed by atoms with Crippen molar-refractivity contribution in [3.05, 3.63) is 41.3 Å². The summed E-state index contributed by atoms with van der Waals surface area (Å²) in [7, 11) is 2.07. The molecule has 0 saturated carbocycles. The van der Waals surface area contributed by atoms with Crippen molar-refractivity contribution in [2.24, 2.45) is 0 Å². The van der Waals surface area contributed by atoms with Crippen LogP contribution in [-0.4, -0.2) is 39.6 Å². The zero-order valence-corrected chi connectivity index (χ0v) is 10.7. The summed E-state index contributed by atoms with van der Waals surface area (Å²) in [5.41, 5.74) is 2.57. The number of amides is 1. The third kappa shape index (κ3) is 2.34. The highest BCUT2D eigenvalue weighted by atomic mass is 16.1. The van der Waals surface area contributed by atoms with Crippen LogP contribution in [0.1, 0.15) is 21.7 Å². The van der Waals surface area contributed by atoms with Crippen LogP contribution < -0.4 is 5.32 Å². The van der Waals surface area contributed by atoms with Crippen molar-refractivity contribution in [1.82, 2.24) is 20.1 Å². The molecule has 19 heavy (non-hydrogen) atoms. The molecule has 0 radical (unpaired) electrons. The van der Waals surface area contributed by atoms with Gasteiger partial charge in [-0.2, -0.15) is 5.10 Å². The number of H-pyrrole nitrogens is 1. The van der Waals surface area contributed by atoms with Gasteiger partial charge in [0.15, 0.2) is 5.82 Å². The largest absolute Gasteiger partial charge is 0.303 e. The Morgan fingerprint density at radius 3 is 3.16 bits per heavy atom. The lowest BCUT2D eigenvalue weighted by Crippen LogP contribution is -2.26. The van der Waals surface area contributed by atoms with Gasteiger partial charge in [0.2, 0.25) is 0 Å². The van der Waals surface area contributed by atoms with Gasteiger partial charge in [-0.1, -0.05) is 6.07 Å². The molecule has 3 rings (SSSR count). The van der Waals surface area contributed by atoms with Crippen molar-refractivity contribution in [2.75, 3.05) is 18.9 Å². The van der Waals surface area contributed by atoms with E-state index in [4.69, 9.17) is 0 Å². The zero-order chi connectivity index (χ0) is 13.2. The summed E-state index contributed by atoms with van der Waals surface area (Å²) in [5.74, 6) is 0.396. The molecule has 0 aliphatic carbocycles. The van der Waals surface area contributed by atoms with Crippen LogP contribution in [0.15, 0.2) is 24.4 Å². The molecule has 2 aromatic heterocycles. The van der Waals surface area contributed by atoms with Crippen LogP contribution >= 0.6 is 0 Å². The molecule has 0 spiro atoms. The summed E-state index contributed by atoms with van der Waals surface area (Å²) in [4.78, 5) is 18.3. The van der Waals surface area contributed by atoms with E-state index < -0.39 is 0 Å². The predicted molar refractivity (Wildman–Crippen MR) is 70.8 cm³/mol. The van der Waals surface area contributed by atoms with Gasteiger partial charge in [0.1, 0.15) is 5.69 Å².